The Morgan fingerprint density at radius 3 is 2.80 bits per heavy atom. The van der Waals surface area contributed by atoms with Gasteiger partial charge in [0.1, 0.15) is 5.69 Å². The van der Waals surface area contributed by atoms with E-state index in [9.17, 15) is 19.2 Å². The van der Waals surface area contributed by atoms with E-state index in [0.717, 1.165) is 6.07 Å². The lowest BCUT2D eigenvalue weighted by atomic mass is 10.2. The van der Waals surface area contributed by atoms with E-state index in [4.69, 9.17) is 4.74 Å². The van der Waals surface area contributed by atoms with Crippen LogP contribution in [0, 0.1) is 0 Å². The zero-order valence-corrected chi connectivity index (χ0v) is 10.7. The number of methoxy groups -OCH3 is 1. The molecule has 1 atom stereocenters. The van der Waals surface area contributed by atoms with Crippen molar-refractivity contribution in [1.29, 1.82) is 0 Å². The number of nitrogens with zero attached hydrogens (tertiary/aromatic N) is 1. The second kappa shape index (κ2) is 5.70. The molecule has 1 saturated heterocycles. The Morgan fingerprint density at radius 1 is 1.40 bits per heavy atom. The second-order valence-corrected chi connectivity index (χ2v) is 4.14. The molecule has 1 aromatic rings. The maximum absolute atomic E-state index is 12.2. The molecule has 2 N–H and O–H groups in total. The minimum Gasteiger partial charge on any atom is -0.467 e. The lowest BCUT2D eigenvalue weighted by Gasteiger charge is -2.31. The highest BCUT2D eigenvalue weighted by Gasteiger charge is 2.30. The van der Waals surface area contributed by atoms with Gasteiger partial charge < -0.3 is 19.4 Å². The zero-order chi connectivity index (χ0) is 14.7. The number of hydrogen-bond donors (Lipinski definition) is 2. The van der Waals surface area contributed by atoms with Crippen LogP contribution >= 0.6 is 0 Å². The van der Waals surface area contributed by atoms with Gasteiger partial charge in [-0.25, -0.2) is 9.59 Å². The van der Waals surface area contributed by atoms with Crippen LogP contribution in [-0.4, -0.2) is 59.7 Å². The van der Waals surface area contributed by atoms with E-state index in [0.29, 0.717) is 0 Å². The van der Waals surface area contributed by atoms with Crippen molar-refractivity contribution in [2.45, 2.75) is 6.10 Å². The van der Waals surface area contributed by atoms with Crippen molar-refractivity contribution in [1.82, 2.24) is 14.9 Å². The maximum Gasteiger partial charge on any atom is 0.336 e. The second-order valence-electron chi connectivity index (χ2n) is 4.14. The number of rotatable bonds is 2. The van der Waals surface area contributed by atoms with Gasteiger partial charge >= 0.3 is 11.7 Å². The highest BCUT2D eigenvalue weighted by atomic mass is 16.6. The highest BCUT2D eigenvalue weighted by Crippen LogP contribution is 2.09. The van der Waals surface area contributed by atoms with Crippen LogP contribution in [0.4, 0.5) is 0 Å². The van der Waals surface area contributed by atoms with E-state index in [2.05, 4.69) is 9.72 Å². The van der Waals surface area contributed by atoms with Crippen molar-refractivity contribution in [3.8, 4) is 0 Å². The summed E-state index contributed by atoms with van der Waals surface area (Å²) in [6, 6.07) is 0.992. The molecular weight excluding hydrogens is 270 g/mol. The number of aromatic amines is 2. The minimum atomic E-state index is -0.869. The SMILES string of the molecule is COC(=O)C1CN(C(=O)c2cc(=O)[nH]c(=O)[nH]2)CCO1. The first-order valence-corrected chi connectivity index (χ1v) is 5.83. The maximum atomic E-state index is 12.2. The van der Waals surface area contributed by atoms with Gasteiger partial charge in [-0.1, -0.05) is 0 Å². The van der Waals surface area contributed by atoms with Crippen molar-refractivity contribution in [2.75, 3.05) is 26.8 Å². The Bertz CT molecular complexity index is 605. The molecule has 0 spiro atoms. The summed E-state index contributed by atoms with van der Waals surface area (Å²) < 4.78 is 9.73. The lowest BCUT2D eigenvalue weighted by Crippen LogP contribution is -2.49. The van der Waals surface area contributed by atoms with Crippen LogP contribution < -0.4 is 11.2 Å². The van der Waals surface area contributed by atoms with Gasteiger partial charge in [0.15, 0.2) is 6.10 Å². The molecule has 1 unspecified atom stereocenters. The number of amides is 1. The van der Waals surface area contributed by atoms with Crippen LogP contribution in [0.2, 0.25) is 0 Å². The summed E-state index contributed by atoms with van der Waals surface area (Å²) in [6.07, 6.45) is -0.869. The van der Waals surface area contributed by atoms with Crippen molar-refractivity contribution in [3.63, 3.8) is 0 Å². The Morgan fingerprint density at radius 2 is 2.15 bits per heavy atom. The highest BCUT2D eigenvalue weighted by molar-refractivity contribution is 5.92. The number of carbonyl (C=O) groups is 2. The number of carbonyl (C=O) groups excluding carboxylic acids is 2. The number of esters is 1. The van der Waals surface area contributed by atoms with Gasteiger partial charge in [0.05, 0.1) is 20.3 Å². The predicted molar refractivity (Wildman–Crippen MR) is 65.3 cm³/mol. The molecule has 1 aliphatic rings. The summed E-state index contributed by atoms with van der Waals surface area (Å²) >= 11 is 0. The van der Waals surface area contributed by atoms with Crippen LogP contribution in [-0.2, 0) is 14.3 Å². The summed E-state index contributed by atoms with van der Waals surface area (Å²) in [6.45, 7) is 0.417. The van der Waals surface area contributed by atoms with Crippen molar-refractivity contribution < 1.29 is 19.1 Å². The molecule has 1 aromatic heterocycles. The predicted octanol–water partition coefficient (Wildman–Crippen LogP) is -1.92. The fourth-order valence-electron chi connectivity index (χ4n) is 1.86. The Balaban J connectivity index is 2.18. The molecule has 2 rings (SSSR count). The monoisotopic (exact) mass is 283 g/mol. The Labute approximate surface area is 112 Å². The molecule has 1 fully saturated rings. The number of morpholine rings is 1. The Kier molecular flexibility index (Phi) is 3.99. The number of nitrogens with one attached hydrogen (secondary N) is 2. The van der Waals surface area contributed by atoms with E-state index >= 15 is 0 Å². The molecule has 2 heterocycles. The third kappa shape index (κ3) is 2.94. The third-order valence-electron chi connectivity index (χ3n) is 2.81. The van der Waals surface area contributed by atoms with Crippen LogP contribution in [0.3, 0.4) is 0 Å². The summed E-state index contributed by atoms with van der Waals surface area (Å²) in [5.74, 6) is -1.13. The van der Waals surface area contributed by atoms with Gasteiger partial charge in [-0.3, -0.25) is 14.6 Å². The van der Waals surface area contributed by atoms with Gasteiger partial charge in [0.25, 0.3) is 11.5 Å². The van der Waals surface area contributed by atoms with E-state index in [-0.39, 0.29) is 25.4 Å². The molecule has 0 bridgehead atoms. The van der Waals surface area contributed by atoms with Gasteiger partial charge in [0.2, 0.25) is 0 Å². The normalized spacial score (nSPS) is 18.6. The fourth-order valence-corrected chi connectivity index (χ4v) is 1.86. The summed E-state index contributed by atoms with van der Waals surface area (Å²) in [5.41, 5.74) is -1.57. The largest absolute Gasteiger partial charge is 0.467 e. The van der Waals surface area contributed by atoms with Crippen LogP contribution in [0.5, 0.6) is 0 Å². The first-order chi connectivity index (χ1) is 9.51. The van der Waals surface area contributed by atoms with E-state index in [1.807, 2.05) is 4.98 Å². The Hall–Kier alpha value is -2.42. The number of H-pyrrole nitrogens is 2. The van der Waals surface area contributed by atoms with Crippen LogP contribution in [0.1, 0.15) is 10.5 Å². The van der Waals surface area contributed by atoms with Crippen LogP contribution in [0.15, 0.2) is 15.7 Å². The minimum absolute atomic E-state index is 0.000334. The van der Waals surface area contributed by atoms with Gasteiger partial charge in [-0.2, -0.15) is 0 Å². The molecule has 1 amide bonds. The molecule has 9 heteroatoms. The van der Waals surface area contributed by atoms with E-state index in [1.54, 1.807) is 0 Å². The average Bonchev–Trinajstić information content (AvgIpc) is 2.44. The molecule has 108 valence electrons. The number of aromatic nitrogens is 2. The first kappa shape index (κ1) is 14.0. The number of hydrogen-bond acceptors (Lipinski definition) is 6. The quantitative estimate of drug-likeness (QED) is 0.610. The van der Waals surface area contributed by atoms with Crippen molar-refractivity contribution >= 4 is 11.9 Å². The lowest BCUT2D eigenvalue weighted by molar-refractivity contribution is -0.158. The smallest absolute Gasteiger partial charge is 0.336 e. The van der Waals surface area contributed by atoms with Crippen molar-refractivity contribution in [2.24, 2.45) is 0 Å². The average molecular weight is 283 g/mol. The molecule has 0 radical (unpaired) electrons. The zero-order valence-electron chi connectivity index (χ0n) is 10.7. The summed E-state index contributed by atoms with van der Waals surface area (Å²) in [5, 5.41) is 0. The standard InChI is InChI=1S/C11H13N3O6/c1-19-10(17)7-5-14(2-3-20-7)9(16)6-4-8(15)13-11(18)12-6/h4,7H,2-3,5H2,1H3,(H2,12,13,15,18). The van der Waals surface area contributed by atoms with Gasteiger partial charge in [-0.05, 0) is 0 Å². The van der Waals surface area contributed by atoms with Gasteiger partial charge in [-0.15, -0.1) is 0 Å². The molecule has 9 nitrogen and oxygen atoms in total. The number of ether oxygens (including phenoxy) is 2. The van der Waals surface area contributed by atoms with E-state index < -0.39 is 29.2 Å². The molecule has 20 heavy (non-hydrogen) atoms. The topological polar surface area (TPSA) is 122 Å². The molecular formula is C11H13N3O6. The third-order valence-corrected chi connectivity index (χ3v) is 2.81. The van der Waals surface area contributed by atoms with E-state index in [1.165, 1.54) is 12.0 Å². The first-order valence-electron chi connectivity index (χ1n) is 5.83. The molecule has 1 aliphatic heterocycles. The molecule has 0 aromatic carbocycles. The molecule has 0 aliphatic carbocycles. The fraction of sp³-hybridized carbons (Fsp3) is 0.455. The van der Waals surface area contributed by atoms with Crippen molar-refractivity contribution in [3.05, 3.63) is 32.6 Å². The summed E-state index contributed by atoms with van der Waals surface area (Å²) in [7, 11) is 1.22. The van der Waals surface area contributed by atoms with Crippen LogP contribution in [0.25, 0.3) is 0 Å². The van der Waals surface area contributed by atoms with Gasteiger partial charge in [0, 0.05) is 12.6 Å². The molecule has 0 saturated carbocycles. The summed E-state index contributed by atoms with van der Waals surface area (Å²) in [4.78, 5) is 51.4.